The number of aliphatic imine (C=N–C) groups is 1. The summed E-state index contributed by atoms with van der Waals surface area (Å²) in [5.74, 6) is 0.309. The monoisotopic (exact) mass is 253 g/mol. The first-order valence-corrected chi connectivity index (χ1v) is 6.15. The molecule has 1 heterocycles. The molecule has 0 radical (unpaired) electrons. The molecule has 0 saturated heterocycles. The molecule has 0 aromatic rings. The minimum absolute atomic E-state index is 0.309. The maximum atomic E-state index is 12.0. The molecule has 1 atom stereocenters. The molecule has 7 heteroatoms. The van der Waals surface area contributed by atoms with Crippen molar-refractivity contribution < 1.29 is 13.2 Å². The fraction of sp³-hybridized carbons (Fsp3) is 0.778. The molecule has 0 amide bonds. The lowest BCUT2D eigenvalue weighted by atomic mass is 10.1. The van der Waals surface area contributed by atoms with Crippen molar-refractivity contribution in [2.75, 3.05) is 19.3 Å². The van der Waals surface area contributed by atoms with E-state index in [2.05, 4.69) is 10.1 Å². The normalized spacial score (nSPS) is 21.9. The van der Waals surface area contributed by atoms with Gasteiger partial charge in [0.05, 0.1) is 6.54 Å². The van der Waals surface area contributed by atoms with Gasteiger partial charge < -0.3 is 0 Å². The van der Waals surface area contributed by atoms with Gasteiger partial charge in [0, 0.05) is 12.1 Å². The quantitative estimate of drug-likeness (QED) is 0.559. The van der Waals surface area contributed by atoms with Crippen LogP contribution in [0.1, 0.15) is 13.3 Å². The zero-order valence-corrected chi connectivity index (χ0v) is 9.98. The summed E-state index contributed by atoms with van der Waals surface area (Å²) in [6.07, 6.45) is 0.138. The number of halogens is 3. The van der Waals surface area contributed by atoms with E-state index in [1.54, 1.807) is 12.5 Å². The molecule has 0 spiro atoms. The summed E-state index contributed by atoms with van der Waals surface area (Å²) in [6, 6.07) is 0. The minimum Gasteiger partial charge on any atom is -0.252 e. The summed E-state index contributed by atoms with van der Waals surface area (Å²) in [6.45, 7) is 1.49. The molecule has 0 aliphatic carbocycles. The van der Waals surface area contributed by atoms with Crippen LogP contribution in [0, 0.1) is 5.92 Å². The van der Waals surface area contributed by atoms with Gasteiger partial charge in [-0.15, -0.1) is 0 Å². The Morgan fingerprint density at radius 1 is 1.62 bits per heavy atom. The summed E-state index contributed by atoms with van der Waals surface area (Å²) >= 11 is 1.18. The van der Waals surface area contributed by atoms with Crippen LogP contribution in [-0.4, -0.2) is 41.9 Å². The Hall–Kier alpha value is -0.720. The predicted molar refractivity (Wildman–Crippen MR) is 60.9 cm³/mol. The summed E-state index contributed by atoms with van der Waals surface area (Å²) in [7, 11) is 0. The third-order valence-corrected chi connectivity index (χ3v) is 2.85. The van der Waals surface area contributed by atoms with Crippen LogP contribution in [0.5, 0.6) is 0 Å². The number of amidine groups is 1. The minimum atomic E-state index is -4.26. The predicted octanol–water partition coefficient (Wildman–Crippen LogP) is 2.60. The summed E-state index contributed by atoms with van der Waals surface area (Å²) < 4.78 is 36.0. The first-order chi connectivity index (χ1) is 7.46. The van der Waals surface area contributed by atoms with Crippen LogP contribution in [0.2, 0.25) is 0 Å². The number of hydrogen-bond acceptors (Lipinski definition) is 3. The van der Waals surface area contributed by atoms with Crippen LogP contribution in [0.4, 0.5) is 13.2 Å². The maximum absolute atomic E-state index is 12.0. The summed E-state index contributed by atoms with van der Waals surface area (Å²) in [5, 5.41) is 5.91. The van der Waals surface area contributed by atoms with E-state index in [0.717, 1.165) is 6.42 Å². The number of nitrogens with zero attached hydrogens (tertiary/aromatic N) is 3. The van der Waals surface area contributed by atoms with Crippen LogP contribution in [-0.2, 0) is 0 Å². The molecule has 0 aromatic carbocycles. The Kier molecular flexibility index (Phi) is 4.64. The Morgan fingerprint density at radius 2 is 2.31 bits per heavy atom. The van der Waals surface area contributed by atoms with Crippen molar-refractivity contribution >= 4 is 23.1 Å². The van der Waals surface area contributed by atoms with Crippen molar-refractivity contribution in [2.45, 2.75) is 19.5 Å². The number of rotatable bonds is 2. The lowest BCUT2D eigenvalue weighted by molar-refractivity contribution is -0.118. The van der Waals surface area contributed by atoms with Crippen LogP contribution in [0.25, 0.3) is 0 Å². The lowest BCUT2D eigenvalue weighted by Gasteiger charge is -2.16. The van der Waals surface area contributed by atoms with Crippen molar-refractivity contribution in [3.05, 3.63) is 0 Å². The highest BCUT2D eigenvalue weighted by Crippen LogP contribution is 2.19. The molecule has 0 aromatic heterocycles. The van der Waals surface area contributed by atoms with E-state index >= 15 is 0 Å². The molecule has 3 nitrogen and oxygen atoms in total. The van der Waals surface area contributed by atoms with E-state index < -0.39 is 12.7 Å². The number of hydrazone groups is 1. The van der Waals surface area contributed by atoms with Gasteiger partial charge in [0.1, 0.15) is 6.54 Å². The second-order valence-electron chi connectivity index (χ2n) is 3.43. The van der Waals surface area contributed by atoms with Crippen LogP contribution < -0.4 is 0 Å². The molecular weight excluding hydrogens is 239 g/mol. The molecule has 1 unspecified atom stereocenters. The number of hydrogen-bond donors (Lipinski definition) is 0. The first kappa shape index (κ1) is 13.3. The van der Waals surface area contributed by atoms with E-state index in [4.69, 9.17) is 0 Å². The van der Waals surface area contributed by atoms with E-state index in [9.17, 15) is 13.2 Å². The Bertz CT molecular complexity index is 288. The molecule has 0 fully saturated rings. The zero-order chi connectivity index (χ0) is 12.2. The third kappa shape index (κ3) is 4.03. The van der Waals surface area contributed by atoms with Gasteiger partial charge in [-0.1, -0.05) is 18.7 Å². The Morgan fingerprint density at radius 3 is 2.75 bits per heavy atom. The largest absolute Gasteiger partial charge is 0.408 e. The van der Waals surface area contributed by atoms with E-state index in [-0.39, 0.29) is 0 Å². The highest BCUT2D eigenvalue weighted by molar-refractivity contribution is 8.13. The SMILES string of the molecule is CCC1C=NN(/C(=N/CC(F)(F)F)SC)C1. The second kappa shape index (κ2) is 5.56. The molecule has 92 valence electrons. The number of alkyl halides is 3. The van der Waals surface area contributed by atoms with Crippen molar-refractivity contribution in [3.63, 3.8) is 0 Å². The molecule has 0 N–H and O–H groups in total. The van der Waals surface area contributed by atoms with Gasteiger partial charge in [-0.05, 0) is 12.7 Å². The summed E-state index contributed by atoms with van der Waals surface area (Å²) in [4.78, 5) is 3.53. The van der Waals surface area contributed by atoms with Crippen molar-refractivity contribution in [1.29, 1.82) is 0 Å². The molecule has 0 bridgehead atoms. The fourth-order valence-corrected chi connectivity index (χ4v) is 1.79. The summed E-state index contributed by atoms with van der Waals surface area (Å²) in [5.41, 5.74) is 0. The second-order valence-corrected chi connectivity index (χ2v) is 4.21. The van der Waals surface area contributed by atoms with E-state index in [1.807, 2.05) is 6.92 Å². The van der Waals surface area contributed by atoms with Crippen LogP contribution in [0.3, 0.4) is 0 Å². The average molecular weight is 253 g/mol. The van der Waals surface area contributed by atoms with Gasteiger partial charge in [-0.2, -0.15) is 18.3 Å². The first-order valence-electron chi connectivity index (χ1n) is 4.93. The maximum Gasteiger partial charge on any atom is 0.408 e. The lowest BCUT2D eigenvalue weighted by Crippen LogP contribution is -2.25. The fourth-order valence-electron chi connectivity index (χ4n) is 1.26. The molecular formula is C9H14F3N3S. The zero-order valence-electron chi connectivity index (χ0n) is 9.16. The van der Waals surface area contributed by atoms with Crippen molar-refractivity contribution in [2.24, 2.45) is 16.0 Å². The molecule has 1 rings (SSSR count). The molecule has 1 aliphatic heterocycles. The third-order valence-electron chi connectivity index (χ3n) is 2.15. The van der Waals surface area contributed by atoms with Crippen molar-refractivity contribution in [3.8, 4) is 0 Å². The smallest absolute Gasteiger partial charge is 0.252 e. The van der Waals surface area contributed by atoms with Gasteiger partial charge in [-0.3, -0.25) is 4.99 Å². The topological polar surface area (TPSA) is 28.0 Å². The van der Waals surface area contributed by atoms with Gasteiger partial charge in [-0.25, -0.2) is 5.01 Å². The van der Waals surface area contributed by atoms with Gasteiger partial charge in [0.2, 0.25) is 0 Å². The van der Waals surface area contributed by atoms with E-state index in [1.165, 1.54) is 16.8 Å². The van der Waals surface area contributed by atoms with Gasteiger partial charge in [0.25, 0.3) is 0 Å². The van der Waals surface area contributed by atoms with Crippen molar-refractivity contribution in [1.82, 2.24) is 5.01 Å². The molecule has 16 heavy (non-hydrogen) atoms. The molecule has 0 saturated carbocycles. The van der Waals surface area contributed by atoms with E-state index in [0.29, 0.717) is 17.6 Å². The van der Waals surface area contributed by atoms with Crippen LogP contribution >= 0.6 is 11.8 Å². The Balaban J connectivity index is 2.59. The highest BCUT2D eigenvalue weighted by atomic mass is 32.2. The van der Waals surface area contributed by atoms with Gasteiger partial charge >= 0.3 is 6.18 Å². The standard InChI is InChI=1S/C9H14F3N3S/c1-3-7-4-14-15(5-7)8(16-2)13-6-9(10,11)12/h4,7H,3,5-6H2,1-2H3/b13-8-. The average Bonchev–Trinajstić information content (AvgIpc) is 2.65. The highest BCUT2D eigenvalue weighted by Gasteiger charge is 2.28. The number of thioether (sulfide) groups is 1. The van der Waals surface area contributed by atoms with Gasteiger partial charge in [0.15, 0.2) is 5.17 Å². The molecule has 1 aliphatic rings. The van der Waals surface area contributed by atoms with Crippen LogP contribution in [0.15, 0.2) is 10.1 Å². The Labute approximate surface area is 96.8 Å².